The number of nitrogens with zero attached hydrogens (tertiary/aromatic N) is 3. The van der Waals surface area contributed by atoms with Gasteiger partial charge in [0, 0.05) is 5.56 Å². The van der Waals surface area contributed by atoms with Crippen molar-refractivity contribution in [2.45, 2.75) is 6.18 Å². The summed E-state index contributed by atoms with van der Waals surface area (Å²) in [6.07, 6.45) is -4.56. The average Bonchev–Trinajstić information content (AvgIpc) is 2.88. The van der Waals surface area contributed by atoms with E-state index in [9.17, 15) is 13.2 Å². The van der Waals surface area contributed by atoms with Gasteiger partial charge in [0.05, 0.1) is 15.6 Å². The Kier molecular flexibility index (Phi) is 4.15. The van der Waals surface area contributed by atoms with Crippen molar-refractivity contribution in [1.82, 2.24) is 15.0 Å². The first-order chi connectivity index (χ1) is 11.3. The van der Waals surface area contributed by atoms with Crippen molar-refractivity contribution in [3.63, 3.8) is 0 Å². The maximum Gasteiger partial charge on any atom is 0.416 e. The van der Waals surface area contributed by atoms with Crippen molar-refractivity contribution < 1.29 is 13.2 Å². The molecular weight excluding hydrogens is 364 g/mol. The maximum absolute atomic E-state index is 12.8. The minimum atomic E-state index is -4.56. The van der Waals surface area contributed by atoms with Gasteiger partial charge in [-0.25, -0.2) is 0 Å². The molecule has 1 heterocycles. The molecule has 0 saturated carbocycles. The summed E-state index contributed by atoms with van der Waals surface area (Å²) in [4.78, 5) is 0. The molecule has 24 heavy (non-hydrogen) atoms. The lowest BCUT2D eigenvalue weighted by Crippen LogP contribution is -2.08. The average molecular weight is 373 g/mol. The van der Waals surface area contributed by atoms with Gasteiger partial charge in [0.15, 0.2) is 5.82 Å². The summed E-state index contributed by atoms with van der Waals surface area (Å²) in [5.41, 5.74) is 6.20. The zero-order valence-electron chi connectivity index (χ0n) is 11.9. The van der Waals surface area contributed by atoms with Gasteiger partial charge in [-0.15, -0.1) is 5.10 Å². The van der Waals surface area contributed by atoms with Crippen LogP contribution in [0.4, 0.5) is 19.0 Å². The Morgan fingerprint density at radius 1 is 1.00 bits per heavy atom. The smallest absolute Gasteiger partial charge is 0.382 e. The van der Waals surface area contributed by atoms with Gasteiger partial charge in [-0.05, 0) is 12.1 Å². The Bertz CT molecular complexity index is 868. The molecule has 4 nitrogen and oxygen atoms in total. The van der Waals surface area contributed by atoms with E-state index in [4.69, 9.17) is 28.9 Å². The van der Waals surface area contributed by atoms with Crippen LogP contribution in [0.25, 0.3) is 16.9 Å². The zero-order chi connectivity index (χ0) is 17.5. The summed E-state index contributed by atoms with van der Waals surface area (Å²) in [7, 11) is 0. The molecule has 0 fully saturated rings. The van der Waals surface area contributed by atoms with Crippen LogP contribution < -0.4 is 5.73 Å². The van der Waals surface area contributed by atoms with Crippen LogP contribution in [0.3, 0.4) is 0 Å². The number of hydrogen-bond acceptors (Lipinski definition) is 3. The second-order valence-corrected chi connectivity index (χ2v) is 5.70. The molecule has 0 unspecified atom stereocenters. The second kappa shape index (κ2) is 5.99. The number of aromatic nitrogens is 3. The molecule has 0 atom stereocenters. The predicted molar refractivity (Wildman–Crippen MR) is 86.2 cm³/mol. The highest BCUT2D eigenvalue weighted by Gasteiger charge is 2.32. The van der Waals surface area contributed by atoms with Gasteiger partial charge >= 0.3 is 6.18 Å². The van der Waals surface area contributed by atoms with Gasteiger partial charge in [0.1, 0.15) is 11.4 Å². The van der Waals surface area contributed by atoms with E-state index in [0.717, 1.165) is 16.8 Å². The summed E-state index contributed by atoms with van der Waals surface area (Å²) in [6.45, 7) is 0. The monoisotopic (exact) mass is 372 g/mol. The number of hydrogen-bond donors (Lipinski definition) is 1. The predicted octanol–water partition coefficient (Wildman–Crippen LogP) is 4.84. The lowest BCUT2D eigenvalue weighted by atomic mass is 10.1. The van der Waals surface area contributed by atoms with Crippen molar-refractivity contribution >= 4 is 29.0 Å². The Balaban J connectivity index is 2.13. The van der Waals surface area contributed by atoms with E-state index in [2.05, 4.69) is 10.3 Å². The van der Waals surface area contributed by atoms with Crippen LogP contribution in [0.2, 0.25) is 10.0 Å². The molecule has 2 N–H and O–H groups in total. The molecular formula is C15H9Cl2F3N4. The van der Waals surface area contributed by atoms with E-state index in [0.29, 0.717) is 11.3 Å². The molecule has 0 aliphatic rings. The summed E-state index contributed by atoms with van der Waals surface area (Å²) in [6, 6.07) is 10.5. The first-order valence-electron chi connectivity index (χ1n) is 6.62. The number of nitrogen functional groups attached to an aromatic ring is 1. The van der Waals surface area contributed by atoms with Crippen molar-refractivity contribution in [2.75, 3.05) is 5.73 Å². The van der Waals surface area contributed by atoms with E-state index in [-0.39, 0.29) is 21.6 Å². The van der Waals surface area contributed by atoms with Gasteiger partial charge in [-0.1, -0.05) is 58.7 Å². The fraction of sp³-hybridized carbons (Fsp3) is 0.0667. The van der Waals surface area contributed by atoms with Crippen LogP contribution in [0, 0.1) is 0 Å². The highest BCUT2D eigenvalue weighted by Crippen LogP contribution is 2.38. The molecule has 1 aromatic heterocycles. The van der Waals surface area contributed by atoms with Gasteiger partial charge in [0.2, 0.25) is 0 Å². The SMILES string of the molecule is Nc1c(-c2ccccc2)nnn1-c1c(Cl)cc(C(F)(F)F)cc1Cl. The Labute approximate surface area is 144 Å². The number of anilines is 1. The Morgan fingerprint density at radius 3 is 2.12 bits per heavy atom. The minimum absolute atomic E-state index is 0.0403. The van der Waals surface area contributed by atoms with E-state index in [1.807, 2.05) is 6.07 Å². The molecule has 2 aromatic carbocycles. The van der Waals surface area contributed by atoms with Gasteiger partial charge in [-0.3, -0.25) is 0 Å². The standard InChI is InChI=1S/C15H9Cl2F3N4/c16-10-6-9(15(18,19)20)7-11(17)13(10)24-14(21)12(22-23-24)8-4-2-1-3-5-8/h1-7H,21H2. The van der Waals surface area contributed by atoms with Crippen molar-refractivity contribution in [2.24, 2.45) is 0 Å². The molecule has 0 bridgehead atoms. The first-order valence-corrected chi connectivity index (χ1v) is 7.38. The minimum Gasteiger partial charge on any atom is -0.382 e. The Morgan fingerprint density at radius 2 is 1.58 bits per heavy atom. The fourth-order valence-corrected chi connectivity index (χ4v) is 2.83. The Hall–Kier alpha value is -2.25. The third-order valence-corrected chi connectivity index (χ3v) is 3.88. The molecule has 0 radical (unpaired) electrons. The van der Waals surface area contributed by atoms with Crippen LogP contribution in [0.15, 0.2) is 42.5 Å². The second-order valence-electron chi connectivity index (χ2n) is 4.89. The van der Waals surface area contributed by atoms with E-state index in [1.165, 1.54) is 0 Å². The fourth-order valence-electron chi connectivity index (χ4n) is 2.19. The molecule has 0 spiro atoms. The number of nitrogens with two attached hydrogens (primary N) is 1. The molecule has 9 heteroatoms. The number of alkyl halides is 3. The lowest BCUT2D eigenvalue weighted by molar-refractivity contribution is -0.137. The van der Waals surface area contributed by atoms with Crippen molar-refractivity contribution in [3.8, 4) is 16.9 Å². The maximum atomic E-state index is 12.8. The van der Waals surface area contributed by atoms with Crippen LogP contribution in [-0.2, 0) is 6.18 Å². The lowest BCUT2D eigenvalue weighted by Gasteiger charge is -2.12. The largest absolute Gasteiger partial charge is 0.416 e. The van der Waals surface area contributed by atoms with Gasteiger partial charge < -0.3 is 5.73 Å². The van der Waals surface area contributed by atoms with E-state index < -0.39 is 11.7 Å². The highest BCUT2D eigenvalue weighted by atomic mass is 35.5. The van der Waals surface area contributed by atoms with Gasteiger partial charge in [-0.2, -0.15) is 17.9 Å². The summed E-state index contributed by atoms with van der Waals surface area (Å²) < 4.78 is 39.5. The van der Waals surface area contributed by atoms with Crippen molar-refractivity contribution in [1.29, 1.82) is 0 Å². The molecule has 0 amide bonds. The first kappa shape index (κ1) is 16.6. The van der Waals surface area contributed by atoms with Crippen molar-refractivity contribution in [3.05, 3.63) is 58.1 Å². The third kappa shape index (κ3) is 2.92. The number of halogens is 5. The highest BCUT2D eigenvalue weighted by molar-refractivity contribution is 6.38. The third-order valence-electron chi connectivity index (χ3n) is 3.31. The quantitative estimate of drug-likeness (QED) is 0.699. The van der Waals surface area contributed by atoms with Gasteiger partial charge in [0.25, 0.3) is 0 Å². The van der Waals surface area contributed by atoms with Crippen LogP contribution in [0.5, 0.6) is 0 Å². The van der Waals surface area contributed by atoms with E-state index >= 15 is 0 Å². The summed E-state index contributed by atoms with van der Waals surface area (Å²) in [5.74, 6) is 0.116. The molecule has 124 valence electrons. The summed E-state index contributed by atoms with van der Waals surface area (Å²) >= 11 is 11.9. The normalized spacial score (nSPS) is 11.7. The van der Waals surface area contributed by atoms with E-state index in [1.54, 1.807) is 24.3 Å². The molecule has 0 aliphatic carbocycles. The molecule has 0 saturated heterocycles. The molecule has 3 aromatic rings. The van der Waals surface area contributed by atoms with Crippen LogP contribution in [-0.4, -0.2) is 15.0 Å². The van der Waals surface area contributed by atoms with Crippen LogP contribution in [0.1, 0.15) is 5.56 Å². The van der Waals surface area contributed by atoms with Crippen LogP contribution >= 0.6 is 23.2 Å². The molecule has 3 rings (SSSR count). The topological polar surface area (TPSA) is 56.7 Å². The molecule has 0 aliphatic heterocycles. The summed E-state index contributed by atoms with van der Waals surface area (Å²) in [5, 5.41) is 7.37. The number of rotatable bonds is 2. The zero-order valence-corrected chi connectivity index (χ0v) is 13.4. The number of benzene rings is 2.